The molecule has 1 aromatic heterocycles. The molecule has 4 atom stereocenters. The number of anilines is 1. The molecule has 4 aromatic rings. The van der Waals surface area contributed by atoms with Crippen LogP contribution in [0.3, 0.4) is 0 Å². The van der Waals surface area contributed by atoms with Crippen LogP contribution in [0.2, 0.25) is 0 Å². The number of aryl methyl sites for hydroxylation is 1. The zero-order valence-corrected chi connectivity index (χ0v) is 21.8. The van der Waals surface area contributed by atoms with Crippen molar-refractivity contribution in [1.29, 1.82) is 0 Å². The van der Waals surface area contributed by atoms with Gasteiger partial charge in [0, 0.05) is 38.6 Å². The third-order valence-corrected chi connectivity index (χ3v) is 10.2. The first-order valence-corrected chi connectivity index (χ1v) is 13.9. The highest BCUT2D eigenvalue weighted by Crippen LogP contribution is 2.70. The first kappa shape index (κ1) is 21.8. The summed E-state index contributed by atoms with van der Waals surface area (Å²) in [5.41, 5.74) is 3.75. The zero-order chi connectivity index (χ0) is 24.9. The van der Waals surface area contributed by atoms with E-state index in [9.17, 15) is 4.79 Å². The van der Waals surface area contributed by atoms with Gasteiger partial charge >= 0.3 is 0 Å². The molecule has 2 saturated heterocycles. The normalized spacial score (nSPS) is 30.2. The van der Waals surface area contributed by atoms with E-state index in [1.54, 1.807) is 0 Å². The lowest BCUT2D eigenvalue weighted by atomic mass is 9.53. The lowest BCUT2D eigenvalue weighted by molar-refractivity contribution is -0.131. The number of carbonyl (C=O) groups excluding carboxylic acids is 2. The van der Waals surface area contributed by atoms with Crippen molar-refractivity contribution in [2.75, 3.05) is 11.9 Å². The number of Topliss-reactive ketones (excluding diaryl/α,β-unsaturated/α-hetero) is 1. The molecular weight excluding hydrogens is 526 g/mol. The summed E-state index contributed by atoms with van der Waals surface area (Å²) < 4.78 is 1.01. The Bertz CT molecular complexity index is 1630. The summed E-state index contributed by atoms with van der Waals surface area (Å²) in [5.74, 6) is -0.0562. The van der Waals surface area contributed by atoms with E-state index in [2.05, 4.69) is 67.5 Å². The van der Waals surface area contributed by atoms with Crippen molar-refractivity contribution in [3.8, 4) is 0 Å². The van der Waals surface area contributed by atoms with Crippen molar-refractivity contribution in [1.82, 2.24) is 9.88 Å². The predicted molar refractivity (Wildman–Crippen MR) is 147 cm³/mol. The van der Waals surface area contributed by atoms with Gasteiger partial charge in [-0.25, -0.2) is 0 Å². The minimum absolute atomic E-state index is 0.0480. The number of hydrogen-bond acceptors (Lipinski definition) is 3. The van der Waals surface area contributed by atoms with Gasteiger partial charge in [0.05, 0.1) is 11.1 Å². The third-order valence-electron chi connectivity index (χ3n) is 9.63. The monoisotopic (exact) mass is 551 g/mol. The number of para-hydroxylation sites is 2. The summed E-state index contributed by atoms with van der Waals surface area (Å²) in [5, 5.41) is 4.33. The molecule has 4 heterocycles. The number of carbonyl (C=O) groups is 2. The number of amides is 1. The van der Waals surface area contributed by atoms with Gasteiger partial charge in [-0.05, 0) is 67.6 Å². The SMILES string of the molecule is O=C1c2[nH]c3ccccc3c2CC[C@@]12[C@@H](c1ccc(Br)cc1)C1CCCN1[C@@]21C(=O)Nc2ccccc21. The van der Waals surface area contributed by atoms with E-state index < -0.39 is 11.0 Å². The number of rotatable bonds is 1. The Hall–Kier alpha value is -3.22. The molecule has 1 aliphatic carbocycles. The number of halogens is 1. The third kappa shape index (κ3) is 2.49. The van der Waals surface area contributed by atoms with Crippen LogP contribution in [-0.2, 0) is 16.8 Å². The fourth-order valence-corrected chi connectivity index (χ4v) is 8.73. The van der Waals surface area contributed by atoms with Gasteiger partial charge < -0.3 is 10.3 Å². The highest BCUT2D eigenvalue weighted by atomic mass is 79.9. The van der Waals surface area contributed by atoms with Crippen LogP contribution in [-0.4, -0.2) is 34.2 Å². The number of aromatic amines is 1. The molecule has 0 saturated carbocycles. The first-order chi connectivity index (χ1) is 18.1. The maximum atomic E-state index is 15.2. The Morgan fingerprint density at radius 3 is 2.59 bits per heavy atom. The molecule has 5 nitrogen and oxygen atoms in total. The van der Waals surface area contributed by atoms with Crippen molar-refractivity contribution in [2.24, 2.45) is 5.41 Å². The summed E-state index contributed by atoms with van der Waals surface area (Å²) in [6.45, 7) is 0.814. The summed E-state index contributed by atoms with van der Waals surface area (Å²) in [4.78, 5) is 35.5. The van der Waals surface area contributed by atoms with Crippen LogP contribution < -0.4 is 5.32 Å². The molecule has 2 N–H and O–H groups in total. The van der Waals surface area contributed by atoms with Crippen LogP contribution in [0.15, 0.2) is 77.3 Å². The van der Waals surface area contributed by atoms with Crippen LogP contribution in [0.5, 0.6) is 0 Å². The number of fused-ring (bicyclic) bond motifs is 8. The first-order valence-electron chi connectivity index (χ1n) is 13.1. The Balaban J connectivity index is 1.46. The van der Waals surface area contributed by atoms with Gasteiger partial charge in [0.2, 0.25) is 0 Å². The molecule has 1 unspecified atom stereocenters. The number of nitrogens with zero attached hydrogens (tertiary/aromatic N) is 1. The van der Waals surface area contributed by atoms with Gasteiger partial charge in [0.1, 0.15) is 5.54 Å². The number of hydrogen-bond donors (Lipinski definition) is 2. The lowest BCUT2D eigenvalue weighted by Crippen LogP contribution is -2.60. The van der Waals surface area contributed by atoms with Gasteiger partial charge in [-0.3, -0.25) is 14.5 Å². The van der Waals surface area contributed by atoms with Crippen LogP contribution >= 0.6 is 15.9 Å². The average Bonchev–Trinajstić information content (AvgIpc) is 3.65. The summed E-state index contributed by atoms with van der Waals surface area (Å²) in [6.07, 6.45) is 3.40. The molecule has 3 aliphatic heterocycles. The minimum Gasteiger partial charge on any atom is -0.352 e. The average molecular weight is 552 g/mol. The fourth-order valence-electron chi connectivity index (χ4n) is 8.47. The second kappa shape index (κ2) is 7.42. The van der Waals surface area contributed by atoms with E-state index in [-0.39, 0.29) is 23.7 Å². The van der Waals surface area contributed by atoms with Gasteiger partial charge in [-0.15, -0.1) is 0 Å². The standard InChI is InChI=1S/C31H26BrN3O2/c32-19-13-11-18(12-14-19)26-25-10-5-17-35(25)31(22-7-2-4-9-24(22)34-29(31)37)30(26)16-15-21-20-6-1-3-8-23(20)33-27(21)28(30)36/h1-4,6-9,11-14,25-26,33H,5,10,15-17H2,(H,34,37)/t25?,26-,30+,31-/m0/s1. The topological polar surface area (TPSA) is 65.2 Å². The van der Waals surface area contributed by atoms with E-state index >= 15 is 4.79 Å². The van der Waals surface area contributed by atoms with Crippen molar-refractivity contribution >= 4 is 44.2 Å². The molecule has 184 valence electrons. The zero-order valence-electron chi connectivity index (χ0n) is 20.3. The molecule has 37 heavy (non-hydrogen) atoms. The van der Waals surface area contributed by atoms with E-state index in [1.807, 2.05) is 36.4 Å². The van der Waals surface area contributed by atoms with Gasteiger partial charge in [0.15, 0.2) is 5.78 Å². The Labute approximate surface area is 223 Å². The summed E-state index contributed by atoms with van der Waals surface area (Å²) >= 11 is 3.60. The van der Waals surface area contributed by atoms with Crippen molar-refractivity contribution in [2.45, 2.75) is 43.2 Å². The highest BCUT2D eigenvalue weighted by Gasteiger charge is 2.77. The highest BCUT2D eigenvalue weighted by molar-refractivity contribution is 9.10. The number of H-pyrrole nitrogens is 1. The molecule has 4 aliphatic rings. The van der Waals surface area contributed by atoms with Crippen LogP contribution in [0.1, 0.15) is 52.4 Å². The fraction of sp³-hybridized carbons (Fsp3) is 0.290. The Morgan fingerprint density at radius 1 is 0.946 bits per heavy atom. The molecule has 3 aromatic carbocycles. The van der Waals surface area contributed by atoms with E-state index in [1.165, 1.54) is 0 Å². The van der Waals surface area contributed by atoms with Crippen LogP contribution in [0.4, 0.5) is 5.69 Å². The maximum absolute atomic E-state index is 15.2. The second-order valence-electron chi connectivity index (χ2n) is 11.0. The minimum atomic E-state index is -1.03. The van der Waals surface area contributed by atoms with Gasteiger partial charge in [-0.2, -0.15) is 0 Å². The molecule has 6 heteroatoms. The smallest absolute Gasteiger partial charge is 0.250 e. The van der Waals surface area contributed by atoms with E-state index in [4.69, 9.17) is 0 Å². The number of nitrogens with one attached hydrogen (secondary N) is 2. The van der Waals surface area contributed by atoms with Crippen LogP contribution in [0, 0.1) is 5.41 Å². The number of aromatic nitrogens is 1. The quantitative estimate of drug-likeness (QED) is 0.298. The largest absolute Gasteiger partial charge is 0.352 e. The molecular formula is C31H26BrN3O2. The molecule has 8 rings (SSSR count). The molecule has 0 radical (unpaired) electrons. The van der Waals surface area contributed by atoms with Gasteiger partial charge in [-0.1, -0.05) is 64.5 Å². The lowest BCUT2D eigenvalue weighted by Gasteiger charge is -2.48. The van der Waals surface area contributed by atoms with Gasteiger partial charge in [0.25, 0.3) is 5.91 Å². The Morgan fingerprint density at radius 2 is 1.73 bits per heavy atom. The number of benzene rings is 3. The molecule has 2 fully saturated rings. The summed E-state index contributed by atoms with van der Waals surface area (Å²) in [7, 11) is 0. The molecule has 0 bridgehead atoms. The van der Waals surface area contributed by atoms with E-state index in [0.717, 1.165) is 63.6 Å². The van der Waals surface area contributed by atoms with Crippen LogP contribution in [0.25, 0.3) is 10.9 Å². The predicted octanol–water partition coefficient (Wildman–Crippen LogP) is 6.16. The second-order valence-corrected chi connectivity index (χ2v) is 11.9. The molecule has 2 spiro atoms. The number of ketones is 1. The Kier molecular flexibility index (Phi) is 4.38. The molecule has 1 amide bonds. The van der Waals surface area contributed by atoms with Crippen molar-refractivity contribution < 1.29 is 9.59 Å². The van der Waals surface area contributed by atoms with Crippen molar-refractivity contribution in [3.05, 3.63) is 99.7 Å². The van der Waals surface area contributed by atoms with Crippen molar-refractivity contribution in [3.63, 3.8) is 0 Å². The van der Waals surface area contributed by atoms with E-state index in [0.29, 0.717) is 12.1 Å². The maximum Gasteiger partial charge on any atom is 0.250 e. The summed E-state index contributed by atoms with van der Waals surface area (Å²) in [6, 6.07) is 24.8.